The molecule has 2 aliphatic carbocycles. The van der Waals surface area contributed by atoms with Gasteiger partial charge in [0.15, 0.2) is 0 Å². The first-order chi connectivity index (χ1) is 14.0. The molecule has 2 aromatic carbocycles. The summed E-state index contributed by atoms with van der Waals surface area (Å²) in [4.78, 5) is 18.4. The SMILES string of the molecule is Cc1c(O)cc2c3c1C(C1CCCC1)CCC3C(=O)n1c-2nc2cc(Cl)ccc21. The minimum atomic E-state index is -0.155. The maximum atomic E-state index is 13.6. The second-order valence-corrected chi connectivity index (χ2v) is 9.36. The summed E-state index contributed by atoms with van der Waals surface area (Å²) >= 11 is 6.17. The van der Waals surface area contributed by atoms with Crippen LogP contribution in [0.3, 0.4) is 0 Å². The number of carbonyl (C=O) groups excluding carboxylic acids is 1. The molecule has 2 heterocycles. The molecule has 0 spiro atoms. The van der Waals surface area contributed by atoms with Crippen LogP contribution >= 0.6 is 11.6 Å². The number of halogens is 1. The fourth-order valence-corrected chi connectivity index (χ4v) is 6.34. The van der Waals surface area contributed by atoms with Crippen molar-refractivity contribution in [2.75, 3.05) is 0 Å². The summed E-state index contributed by atoms with van der Waals surface area (Å²) in [5, 5.41) is 11.4. The number of aromatic nitrogens is 2. The maximum Gasteiger partial charge on any atom is 0.240 e. The summed E-state index contributed by atoms with van der Waals surface area (Å²) in [5.41, 5.74) is 5.74. The number of fused-ring (bicyclic) bond motifs is 4. The Bertz CT molecular complexity index is 1190. The van der Waals surface area contributed by atoms with Crippen molar-refractivity contribution < 1.29 is 9.90 Å². The zero-order valence-corrected chi connectivity index (χ0v) is 17.2. The number of phenolic OH excluding ortho intramolecular Hbond substituents is 1. The van der Waals surface area contributed by atoms with E-state index in [-0.39, 0.29) is 11.8 Å². The molecule has 4 nitrogen and oxygen atoms in total. The van der Waals surface area contributed by atoms with Crippen molar-refractivity contribution in [1.29, 1.82) is 0 Å². The molecular formula is C24H23ClN2O2. The normalized spacial score (nSPS) is 23.4. The van der Waals surface area contributed by atoms with Crippen LogP contribution in [0.25, 0.3) is 22.4 Å². The van der Waals surface area contributed by atoms with Gasteiger partial charge in [-0.3, -0.25) is 9.36 Å². The molecule has 1 N–H and O–H groups in total. The Labute approximate surface area is 174 Å². The second kappa shape index (κ2) is 6.09. The van der Waals surface area contributed by atoms with Gasteiger partial charge in [0.2, 0.25) is 5.91 Å². The summed E-state index contributed by atoms with van der Waals surface area (Å²) in [6.07, 6.45) is 6.98. The molecule has 2 unspecified atom stereocenters. The van der Waals surface area contributed by atoms with Crippen molar-refractivity contribution in [3.8, 4) is 17.1 Å². The molecule has 3 aromatic rings. The predicted octanol–water partition coefficient (Wildman–Crippen LogP) is 6.18. The molecule has 1 aromatic heterocycles. The van der Waals surface area contributed by atoms with Crippen LogP contribution in [-0.4, -0.2) is 20.6 Å². The average Bonchev–Trinajstić information content (AvgIpc) is 3.36. The van der Waals surface area contributed by atoms with Crippen LogP contribution in [0.2, 0.25) is 5.02 Å². The van der Waals surface area contributed by atoms with Crippen LogP contribution in [0.5, 0.6) is 5.75 Å². The van der Waals surface area contributed by atoms with Crippen molar-refractivity contribution in [2.45, 2.75) is 57.3 Å². The van der Waals surface area contributed by atoms with Gasteiger partial charge in [-0.15, -0.1) is 0 Å². The van der Waals surface area contributed by atoms with Crippen LogP contribution in [0, 0.1) is 12.8 Å². The van der Waals surface area contributed by atoms with Gasteiger partial charge < -0.3 is 5.11 Å². The van der Waals surface area contributed by atoms with Crippen molar-refractivity contribution >= 4 is 28.5 Å². The van der Waals surface area contributed by atoms with E-state index in [1.54, 1.807) is 16.7 Å². The highest BCUT2D eigenvalue weighted by Gasteiger charge is 2.43. The van der Waals surface area contributed by atoms with Crippen LogP contribution in [0.15, 0.2) is 24.3 Å². The molecule has 6 rings (SSSR count). The van der Waals surface area contributed by atoms with E-state index in [1.807, 2.05) is 19.1 Å². The maximum absolute atomic E-state index is 13.6. The Morgan fingerprint density at radius 2 is 1.90 bits per heavy atom. The summed E-state index contributed by atoms with van der Waals surface area (Å²) in [5.74, 6) is 2.00. The van der Waals surface area contributed by atoms with Gasteiger partial charge in [-0.25, -0.2) is 4.98 Å². The van der Waals surface area contributed by atoms with Crippen molar-refractivity contribution in [3.63, 3.8) is 0 Å². The highest BCUT2D eigenvalue weighted by molar-refractivity contribution is 6.31. The van der Waals surface area contributed by atoms with Crippen LogP contribution < -0.4 is 0 Å². The predicted molar refractivity (Wildman–Crippen MR) is 114 cm³/mol. The molecule has 0 radical (unpaired) electrons. The number of rotatable bonds is 1. The fourth-order valence-electron chi connectivity index (χ4n) is 6.17. The summed E-state index contributed by atoms with van der Waals surface area (Å²) in [6.45, 7) is 2.01. The molecule has 0 amide bonds. The highest BCUT2D eigenvalue weighted by Crippen LogP contribution is 2.54. The lowest BCUT2D eigenvalue weighted by Gasteiger charge is -2.39. The molecule has 1 fully saturated rings. The quantitative estimate of drug-likeness (QED) is 0.525. The van der Waals surface area contributed by atoms with E-state index < -0.39 is 0 Å². The van der Waals surface area contributed by atoms with Crippen LogP contribution in [-0.2, 0) is 0 Å². The molecule has 3 aliphatic rings. The second-order valence-electron chi connectivity index (χ2n) is 8.92. The van der Waals surface area contributed by atoms with Gasteiger partial charge >= 0.3 is 0 Å². The van der Waals surface area contributed by atoms with Crippen molar-refractivity contribution in [3.05, 3.63) is 46.0 Å². The van der Waals surface area contributed by atoms with Crippen molar-refractivity contribution in [1.82, 2.24) is 9.55 Å². The number of aromatic hydroxyl groups is 1. The molecule has 1 aliphatic heterocycles. The van der Waals surface area contributed by atoms with Gasteiger partial charge in [0.05, 0.1) is 17.0 Å². The Morgan fingerprint density at radius 1 is 1.10 bits per heavy atom. The monoisotopic (exact) mass is 406 g/mol. The van der Waals surface area contributed by atoms with E-state index in [9.17, 15) is 9.90 Å². The number of phenols is 1. The Hall–Kier alpha value is -2.33. The topological polar surface area (TPSA) is 55.1 Å². The Balaban J connectivity index is 1.66. The molecule has 2 atom stereocenters. The molecule has 0 saturated heterocycles. The standard InChI is InChI=1S/C24H23ClN2O2/c1-12-20(28)11-17-22-16(8-7-15(21(12)22)13-4-2-3-5-13)24(29)27-19-9-6-14(25)10-18(19)26-23(17)27/h6,9-11,13,15-16,28H,2-5,7-8H2,1H3. The third kappa shape index (κ3) is 2.32. The van der Waals surface area contributed by atoms with Gasteiger partial charge in [0.25, 0.3) is 0 Å². The molecule has 29 heavy (non-hydrogen) atoms. The van der Waals surface area contributed by atoms with Gasteiger partial charge in [0, 0.05) is 10.6 Å². The van der Waals surface area contributed by atoms with Crippen LogP contribution in [0.1, 0.15) is 71.8 Å². The number of imidazole rings is 1. The molecule has 148 valence electrons. The van der Waals surface area contributed by atoms with E-state index in [0.717, 1.165) is 40.6 Å². The number of hydrogen-bond donors (Lipinski definition) is 1. The van der Waals surface area contributed by atoms with Crippen molar-refractivity contribution in [2.24, 2.45) is 5.92 Å². The molecular weight excluding hydrogens is 384 g/mol. The van der Waals surface area contributed by atoms with Gasteiger partial charge in [0.1, 0.15) is 11.6 Å². The van der Waals surface area contributed by atoms with Gasteiger partial charge in [-0.2, -0.15) is 0 Å². The fraction of sp³-hybridized carbons (Fsp3) is 0.417. The van der Waals surface area contributed by atoms with E-state index in [2.05, 4.69) is 0 Å². The van der Waals surface area contributed by atoms with Crippen LogP contribution in [0.4, 0.5) is 0 Å². The summed E-state index contributed by atoms with van der Waals surface area (Å²) in [6, 6.07) is 7.30. The smallest absolute Gasteiger partial charge is 0.240 e. The number of hydrogen-bond acceptors (Lipinski definition) is 3. The lowest BCUT2D eigenvalue weighted by molar-refractivity contribution is 0.0865. The molecule has 0 bridgehead atoms. The third-order valence-electron chi connectivity index (χ3n) is 7.48. The number of carbonyl (C=O) groups is 1. The largest absolute Gasteiger partial charge is 0.508 e. The Morgan fingerprint density at radius 3 is 2.69 bits per heavy atom. The first-order valence-electron chi connectivity index (χ1n) is 10.6. The lowest BCUT2D eigenvalue weighted by atomic mass is 9.67. The number of nitrogens with zero attached hydrogens (tertiary/aromatic N) is 2. The minimum Gasteiger partial charge on any atom is -0.508 e. The lowest BCUT2D eigenvalue weighted by Crippen LogP contribution is -2.32. The first kappa shape index (κ1) is 17.5. The Kier molecular flexibility index (Phi) is 3.68. The zero-order valence-electron chi connectivity index (χ0n) is 16.4. The first-order valence-corrected chi connectivity index (χ1v) is 11.0. The van der Waals surface area contributed by atoms with E-state index in [0.29, 0.717) is 28.4 Å². The number of benzene rings is 2. The molecule has 1 saturated carbocycles. The van der Waals surface area contributed by atoms with Gasteiger partial charge in [-0.05, 0) is 85.4 Å². The van der Waals surface area contributed by atoms with E-state index in [4.69, 9.17) is 16.6 Å². The van der Waals surface area contributed by atoms with E-state index in [1.165, 1.54) is 31.2 Å². The summed E-state index contributed by atoms with van der Waals surface area (Å²) in [7, 11) is 0. The third-order valence-corrected chi connectivity index (χ3v) is 7.72. The van der Waals surface area contributed by atoms with E-state index >= 15 is 0 Å². The molecule has 5 heteroatoms. The summed E-state index contributed by atoms with van der Waals surface area (Å²) < 4.78 is 1.74. The highest BCUT2D eigenvalue weighted by atomic mass is 35.5. The minimum absolute atomic E-state index is 0.105. The zero-order chi connectivity index (χ0) is 19.9. The average molecular weight is 407 g/mol. The van der Waals surface area contributed by atoms with Gasteiger partial charge in [-0.1, -0.05) is 24.4 Å².